The van der Waals surface area contributed by atoms with E-state index in [2.05, 4.69) is 23.8 Å². The van der Waals surface area contributed by atoms with Crippen LogP contribution in [0.5, 0.6) is 5.88 Å². The van der Waals surface area contributed by atoms with Crippen LogP contribution in [-0.4, -0.2) is 16.6 Å². The highest BCUT2D eigenvalue weighted by Crippen LogP contribution is 2.32. The summed E-state index contributed by atoms with van der Waals surface area (Å²) in [6.45, 7) is 7.20. The Morgan fingerprint density at radius 3 is 2.38 bits per heavy atom. The van der Waals surface area contributed by atoms with Crippen molar-refractivity contribution in [2.24, 2.45) is 0 Å². The van der Waals surface area contributed by atoms with Crippen molar-refractivity contribution in [3.63, 3.8) is 0 Å². The molecule has 0 aliphatic carbocycles. The molecule has 1 heterocycles. The van der Waals surface area contributed by atoms with Gasteiger partial charge in [0.15, 0.2) is 0 Å². The molecule has 0 aliphatic rings. The molecule has 0 bridgehead atoms. The van der Waals surface area contributed by atoms with Gasteiger partial charge in [-0.05, 0) is 25.7 Å². The minimum absolute atomic E-state index is 0.550. The second-order valence-corrected chi connectivity index (χ2v) is 5.76. The van der Waals surface area contributed by atoms with Crippen LogP contribution in [0.3, 0.4) is 0 Å². The summed E-state index contributed by atoms with van der Waals surface area (Å²) in [6.07, 6.45) is 15.2. The molecule has 1 aromatic heterocycles. The average molecular weight is 292 g/mol. The molecular formula is C18H32N2O. The van der Waals surface area contributed by atoms with Crippen molar-refractivity contribution in [3.8, 4) is 5.88 Å². The number of nitrogens with zero attached hydrogens (tertiary/aromatic N) is 2. The van der Waals surface area contributed by atoms with Gasteiger partial charge in [-0.25, -0.2) is 9.97 Å². The van der Waals surface area contributed by atoms with E-state index < -0.39 is 0 Å². The number of hydrogen-bond donors (Lipinski definition) is 0. The van der Waals surface area contributed by atoms with Gasteiger partial charge >= 0.3 is 0 Å². The highest BCUT2D eigenvalue weighted by Gasteiger charge is 2.17. The summed E-state index contributed by atoms with van der Waals surface area (Å²) in [5.41, 5.74) is 1.21. The van der Waals surface area contributed by atoms with Crippen molar-refractivity contribution in [3.05, 3.63) is 18.1 Å². The number of hydrogen-bond acceptors (Lipinski definition) is 3. The third kappa shape index (κ3) is 6.92. The van der Waals surface area contributed by atoms with Gasteiger partial charge in [0, 0.05) is 11.8 Å². The Labute approximate surface area is 130 Å². The first-order valence-electron chi connectivity index (χ1n) is 8.76. The van der Waals surface area contributed by atoms with Crippen molar-refractivity contribution < 1.29 is 4.74 Å². The van der Waals surface area contributed by atoms with E-state index in [1.807, 2.05) is 13.1 Å². The van der Waals surface area contributed by atoms with Gasteiger partial charge in [0.1, 0.15) is 6.33 Å². The molecule has 0 N–H and O–H groups in total. The van der Waals surface area contributed by atoms with Gasteiger partial charge in [-0.15, -0.1) is 0 Å². The van der Waals surface area contributed by atoms with E-state index in [0.29, 0.717) is 12.5 Å². The van der Waals surface area contributed by atoms with Crippen LogP contribution in [0.1, 0.15) is 90.0 Å². The standard InChI is InChI=1S/C18H32N2O/c1-4-7-9-10-11-13-16(12-8-5-2)17-14-19-15-20-18(17)21-6-3/h14-16H,4-13H2,1-3H3. The summed E-state index contributed by atoms with van der Waals surface area (Å²) in [5.74, 6) is 1.34. The second-order valence-electron chi connectivity index (χ2n) is 5.76. The van der Waals surface area contributed by atoms with Gasteiger partial charge in [-0.1, -0.05) is 58.8 Å². The average Bonchev–Trinajstić information content (AvgIpc) is 2.51. The highest BCUT2D eigenvalue weighted by molar-refractivity contribution is 5.26. The molecule has 0 saturated carbocycles. The van der Waals surface area contributed by atoms with Gasteiger partial charge in [0.25, 0.3) is 0 Å². The molecule has 0 saturated heterocycles. The first-order valence-corrected chi connectivity index (χ1v) is 8.76. The van der Waals surface area contributed by atoms with Crippen LogP contribution in [0, 0.1) is 0 Å². The molecule has 3 nitrogen and oxygen atoms in total. The van der Waals surface area contributed by atoms with Crippen LogP contribution >= 0.6 is 0 Å². The van der Waals surface area contributed by atoms with Crippen molar-refractivity contribution in [1.82, 2.24) is 9.97 Å². The molecule has 1 aromatic rings. The summed E-state index contributed by atoms with van der Waals surface area (Å²) in [7, 11) is 0. The first-order chi connectivity index (χ1) is 10.3. The Balaban J connectivity index is 2.63. The summed E-state index contributed by atoms with van der Waals surface area (Å²) in [4.78, 5) is 8.54. The van der Waals surface area contributed by atoms with Gasteiger partial charge in [-0.3, -0.25) is 0 Å². The second kappa shape index (κ2) is 11.5. The van der Waals surface area contributed by atoms with Crippen molar-refractivity contribution in [2.45, 2.75) is 84.5 Å². The Morgan fingerprint density at radius 1 is 0.952 bits per heavy atom. The molecule has 1 atom stereocenters. The van der Waals surface area contributed by atoms with Crippen LogP contribution in [0.15, 0.2) is 12.5 Å². The molecule has 0 amide bonds. The lowest BCUT2D eigenvalue weighted by Crippen LogP contribution is -2.06. The zero-order chi connectivity index (χ0) is 15.3. The summed E-state index contributed by atoms with van der Waals surface area (Å²) in [6, 6.07) is 0. The smallest absolute Gasteiger partial charge is 0.219 e. The molecule has 0 radical (unpaired) electrons. The minimum atomic E-state index is 0.550. The fraction of sp³-hybridized carbons (Fsp3) is 0.778. The molecule has 1 rings (SSSR count). The Hall–Kier alpha value is -1.12. The maximum absolute atomic E-state index is 5.69. The normalized spacial score (nSPS) is 12.3. The number of aromatic nitrogens is 2. The van der Waals surface area contributed by atoms with E-state index in [9.17, 15) is 0 Å². The van der Waals surface area contributed by atoms with Crippen molar-refractivity contribution in [1.29, 1.82) is 0 Å². The molecule has 0 spiro atoms. The lowest BCUT2D eigenvalue weighted by Gasteiger charge is -2.19. The largest absolute Gasteiger partial charge is 0.478 e. The van der Waals surface area contributed by atoms with E-state index in [0.717, 1.165) is 5.88 Å². The van der Waals surface area contributed by atoms with Crippen LogP contribution in [-0.2, 0) is 0 Å². The monoisotopic (exact) mass is 292 g/mol. The van der Waals surface area contributed by atoms with Crippen LogP contribution in [0.25, 0.3) is 0 Å². The lowest BCUT2D eigenvalue weighted by atomic mass is 9.90. The van der Waals surface area contributed by atoms with Gasteiger partial charge < -0.3 is 4.74 Å². The summed E-state index contributed by atoms with van der Waals surface area (Å²) < 4.78 is 5.69. The predicted octanol–water partition coefficient (Wildman–Crippen LogP) is 5.51. The van der Waals surface area contributed by atoms with Crippen molar-refractivity contribution in [2.75, 3.05) is 6.61 Å². The minimum Gasteiger partial charge on any atom is -0.478 e. The molecule has 0 fully saturated rings. The summed E-state index contributed by atoms with van der Waals surface area (Å²) >= 11 is 0. The molecule has 3 heteroatoms. The number of unbranched alkanes of at least 4 members (excludes halogenated alkanes) is 5. The lowest BCUT2D eigenvalue weighted by molar-refractivity contribution is 0.316. The van der Waals surface area contributed by atoms with Crippen LogP contribution in [0.2, 0.25) is 0 Å². The fourth-order valence-corrected chi connectivity index (χ4v) is 2.77. The Morgan fingerprint density at radius 2 is 1.67 bits per heavy atom. The quantitative estimate of drug-likeness (QED) is 0.476. The molecule has 120 valence electrons. The fourth-order valence-electron chi connectivity index (χ4n) is 2.77. The number of ether oxygens (including phenoxy) is 1. The Bertz CT molecular complexity index is 368. The Kier molecular flexibility index (Phi) is 9.84. The highest BCUT2D eigenvalue weighted by atomic mass is 16.5. The molecule has 1 unspecified atom stereocenters. The SMILES string of the molecule is CCCCCCCC(CCCC)c1cncnc1OCC. The van der Waals surface area contributed by atoms with Crippen molar-refractivity contribution >= 4 is 0 Å². The maximum atomic E-state index is 5.69. The molecule has 0 aromatic carbocycles. The molecule has 0 aliphatic heterocycles. The van der Waals surface area contributed by atoms with Crippen LogP contribution in [0.4, 0.5) is 0 Å². The van der Waals surface area contributed by atoms with E-state index in [-0.39, 0.29) is 0 Å². The van der Waals surface area contributed by atoms with Gasteiger partial charge in [0.05, 0.1) is 6.61 Å². The van der Waals surface area contributed by atoms with E-state index in [1.165, 1.54) is 63.4 Å². The summed E-state index contributed by atoms with van der Waals surface area (Å²) in [5, 5.41) is 0. The zero-order valence-corrected chi connectivity index (χ0v) is 14.1. The van der Waals surface area contributed by atoms with Gasteiger partial charge in [0.2, 0.25) is 5.88 Å². The third-order valence-corrected chi connectivity index (χ3v) is 3.99. The van der Waals surface area contributed by atoms with E-state index in [4.69, 9.17) is 4.74 Å². The predicted molar refractivity (Wildman–Crippen MR) is 88.8 cm³/mol. The molecular weight excluding hydrogens is 260 g/mol. The van der Waals surface area contributed by atoms with E-state index in [1.54, 1.807) is 6.33 Å². The zero-order valence-electron chi connectivity index (χ0n) is 14.1. The maximum Gasteiger partial charge on any atom is 0.219 e. The van der Waals surface area contributed by atoms with Gasteiger partial charge in [-0.2, -0.15) is 0 Å². The number of rotatable bonds is 12. The topological polar surface area (TPSA) is 35.0 Å². The first kappa shape index (κ1) is 17.9. The third-order valence-electron chi connectivity index (χ3n) is 3.99. The van der Waals surface area contributed by atoms with E-state index >= 15 is 0 Å². The van der Waals surface area contributed by atoms with Crippen LogP contribution < -0.4 is 4.74 Å². The molecule has 21 heavy (non-hydrogen) atoms.